The predicted molar refractivity (Wildman–Crippen MR) is 105 cm³/mol. The van der Waals surface area contributed by atoms with Crippen LogP contribution < -0.4 is 4.74 Å². The van der Waals surface area contributed by atoms with E-state index >= 15 is 0 Å². The van der Waals surface area contributed by atoms with Crippen molar-refractivity contribution in [3.8, 4) is 17.0 Å². The van der Waals surface area contributed by atoms with Crippen molar-refractivity contribution >= 4 is 5.91 Å². The molecule has 0 radical (unpaired) electrons. The summed E-state index contributed by atoms with van der Waals surface area (Å²) in [6.45, 7) is -0.482. The first kappa shape index (κ1) is 20.9. The molecular weight excluding hydrogens is 414 g/mol. The third-order valence-electron chi connectivity index (χ3n) is 5.09. The molecule has 5 nitrogen and oxygen atoms in total. The van der Waals surface area contributed by atoms with Gasteiger partial charge in [-0.05, 0) is 30.7 Å². The molecule has 9 heteroatoms. The Kier molecular flexibility index (Phi) is 5.67. The van der Waals surface area contributed by atoms with E-state index in [0.717, 1.165) is 23.8 Å². The SMILES string of the molecule is Cn1nc2c(c1-c1cc(F)cc(F)c1)CCN(C(=O)c1cc(F)cc(OCCF)c1)C2. The van der Waals surface area contributed by atoms with Crippen molar-refractivity contribution in [1.29, 1.82) is 0 Å². The minimum atomic E-state index is -0.730. The topological polar surface area (TPSA) is 47.4 Å². The predicted octanol–water partition coefficient (Wildman–Crippen LogP) is 4.05. The Hall–Kier alpha value is -3.36. The van der Waals surface area contributed by atoms with Crippen molar-refractivity contribution in [3.63, 3.8) is 0 Å². The molecule has 0 aliphatic carbocycles. The normalized spacial score (nSPS) is 13.3. The van der Waals surface area contributed by atoms with Crippen molar-refractivity contribution in [1.82, 2.24) is 14.7 Å². The van der Waals surface area contributed by atoms with E-state index in [0.29, 0.717) is 29.9 Å². The van der Waals surface area contributed by atoms with Gasteiger partial charge in [-0.3, -0.25) is 9.48 Å². The van der Waals surface area contributed by atoms with Crippen molar-refractivity contribution in [2.45, 2.75) is 13.0 Å². The fraction of sp³-hybridized carbons (Fsp3) is 0.273. The van der Waals surface area contributed by atoms with Gasteiger partial charge in [0.25, 0.3) is 5.91 Å². The Balaban J connectivity index is 1.60. The molecule has 0 fully saturated rings. The molecule has 1 aromatic heterocycles. The highest BCUT2D eigenvalue weighted by Gasteiger charge is 2.28. The van der Waals surface area contributed by atoms with Gasteiger partial charge < -0.3 is 9.64 Å². The molecule has 0 spiro atoms. The zero-order valence-corrected chi connectivity index (χ0v) is 16.7. The maximum atomic E-state index is 13.9. The largest absolute Gasteiger partial charge is 0.491 e. The number of amides is 1. The summed E-state index contributed by atoms with van der Waals surface area (Å²) in [5.74, 6) is -2.37. The number of ether oxygens (including phenoxy) is 1. The first-order valence-electron chi connectivity index (χ1n) is 9.65. The fourth-order valence-corrected chi connectivity index (χ4v) is 3.85. The second-order valence-electron chi connectivity index (χ2n) is 7.25. The quantitative estimate of drug-likeness (QED) is 0.571. The number of nitrogens with zero attached hydrogens (tertiary/aromatic N) is 3. The van der Waals surface area contributed by atoms with Crippen molar-refractivity contribution in [3.05, 3.63) is 70.7 Å². The van der Waals surface area contributed by atoms with Crippen LogP contribution in [0.1, 0.15) is 21.6 Å². The van der Waals surface area contributed by atoms with Crippen LogP contribution in [0.25, 0.3) is 11.3 Å². The zero-order valence-electron chi connectivity index (χ0n) is 16.7. The van der Waals surface area contributed by atoms with Crippen LogP contribution in [-0.4, -0.2) is 40.4 Å². The van der Waals surface area contributed by atoms with Gasteiger partial charge in [0, 0.05) is 42.4 Å². The molecule has 4 rings (SSSR count). The fourth-order valence-electron chi connectivity index (χ4n) is 3.85. The summed E-state index contributed by atoms with van der Waals surface area (Å²) in [5, 5.41) is 4.43. The molecule has 1 aliphatic rings. The number of aromatic nitrogens is 2. The zero-order chi connectivity index (χ0) is 22.1. The number of hydrogen-bond acceptors (Lipinski definition) is 3. The molecule has 162 valence electrons. The number of fused-ring (bicyclic) bond motifs is 1. The molecule has 2 aromatic carbocycles. The molecule has 0 saturated heterocycles. The lowest BCUT2D eigenvalue weighted by Gasteiger charge is -2.27. The van der Waals surface area contributed by atoms with Crippen molar-refractivity contribution in [2.75, 3.05) is 19.8 Å². The second kappa shape index (κ2) is 8.41. The average molecular weight is 433 g/mol. The van der Waals surface area contributed by atoms with Gasteiger partial charge in [0.15, 0.2) is 0 Å². The highest BCUT2D eigenvalue weighted by atomic mass is 19.1. The van der Waals surface area contributed by atoms with Gasteiger partial charge in [-0.2, -0.15) is 5.10 Å². The number of halogens is 4. The van der Waals surface area contributed by atoms with Gasteiger partial charge in [-0.15, -0.1) is 0 Å². The molecule has 3 aromatic rings. The standard InChI is InChI=1S/C22H19F4N3O2/c1-28-21(13-6-15(24)10-16(25)7-13)19-2-4-29(12-20(19)27-28)22(30)14-8-17(26)11-18(9-14)31-5-3-23/h6-11H,2-5,12H2,1H3. The van der Waals surface area contributed by atoms with E-state index in [1.54, 1.807) is 7.05 Å². The summed E-state index contributed by atoms with van der Waals surface area (Å²) in [5.41, 5.74) is 2.46. The number of hydrogen-bond donors (Lipinski definition) is 0. The van der Waals surface area contributed by atoms with Gasteiger partial charge in [-0.1, -0.05) is 0 Å². The monoisotopic (exact) mass is 433 g/mol. The van der Waals surface area contributed by atoms with E-state index in [2.05, 4.69) is 5.10 Å². The summed E-state index contributed by atoms with van der Waals surface area (Å²) in [7, 11) is 1.67. The van der Waals surface area contributed by atoms with Gasteiger partial charge in [0.05, 0.1) is 17.9 Å². The van der Waals surface area contributed by atoms with Crippen LogP contribution in [0, 0.1) is 17.5 Å². The molecule has 2 heterocycles. The van der Waals surface area contributed by atoms with E-state index in [4.69, 9.17) is 4.74 Å². The maximum absolute atomic E-state index is 13.9. The number of benzene rings is 2. The summed E-state index contributed by atoms with van der Waals surface area (Å²) < 4.78 is 60.3. The lowest BCUT2D eigenvalue weighted by Crippen LogP contribution is -2.36. The van der Waals surface area contributed by atoms with Gasteiger partial charge >= 0.3 is 0 Å². The first-order chi connectivity index (χ1) is 14.9. The Morgan fingerprint density at radius 3 is 2.48 bits per heavy atom. The van der Waals surface area contributed by atoms with Crippen LogP contribution in [-0.2, 0) is 20.0 Å². The molecule has 0 bridgehead atoms. The summed E-state index contributed by atoms with van der Waals surface area (Å²) in [6, 6.07) is 6.84. The van der Waals surface area contributed by atoms with Crippen LogP contribution >= 0.6 is 0 Å². The van der Waals surface area contributed by atoms with Crippen LogP contribution in [0.3, 0.4) is 0 Å². The number of rotatable bonds is 5. The van der Waals surface area contributed by atoms with E-state index < -0.39 is 30.0 Å². The number of alkyl halides is 1. The summed E-state index contributed by atoms with van der Waals surface area (Å²) in [6.07, 6.45) is 0.420. The van der Waals surface area contributed by atoms with Crippen molar-refractivity contribution in [2.24, 2.45) is 7.05 Å². The molecule has 31 heavy (non-hydrogen) atoms. The minimum absolute atomic E-state index is 0.0759. The highest BCUT2D eigenvalue weighted by molar-refractivity contribution is 5.94. The molecular formula is C22H19F4N3O2. The minimum Gasteiger partial charge on any atom is -0.491 e. The molecule has 1 amide bonds. The van der Waals surface area contributed by atoms with E-state index in [1.807, 2.05) is 0 Å². The molecule has 0 unspecified atom stereocenters. The van der Waals surface area contributed by atoms with Crippen LogP contribution in [0.15, 0.2) is 36.4 Å². The average Bonchev–Trinajstić information content (AvgIpc) is 3.05. The first-order valence-corrected chi connectivity index (χ1v) is 9.65. The Labute approximate surface area is 175 Å². The van der Waals surface area contributed by atoms with Gasteiger partial charge in [0.1, 0.15) is 36.5 Å². The third-order valence-corrected chi connectivity index (χ3v) is 5.09. The number of aryl methyl sites for hydroxylation is 1. The molecule has 0 saturated carbocycles. The van der Waals surface area contributed by atoms with E-state index in [1.165, 1.54) is 27.8 Å². The third kappa shape index (κ3) is 4.26. The van der Waals surface area contributed by atoms with Gasteiger partial charge in [0.2, 0.25) is 0 Å². The van der Waals surface area contributed by atoms with E-state index in [-0.39, 0.29) is 24.5 Å². The Morgan fingerprint density at radius 1 is 1.06 bits per heavy atom. The highest BCUT2D eigenvalue weighted by Crippen LogP contribution is 2.31. The second-order valence-corrected chi connectivity index (χ2v) is 7.25. The van der Waals surface area contributed by atoms with Gasteiger partial charge in [-0.25, -0.2) is 17.6 Å². The van der Waals surface area contributed by atoms with Crippen LogP contribution in [0.4, 0.5) is 17.6 Å². The summed E-state index contributed by atoms with van der Waals surface area (Å²) >= 11 is 0. The number of carbonyl (C=O) groups is 1. The van der Waals surface area contributed by atoms with E-state index in [9.17, 15) is 22.4 Å². The number of carbonyl (C=O) groups excluding carboxylic acids is 1. The Bertz CT molecular complexity index is 1130. The molecule has 0 atom stereocenters. The maximum Gasteiger partial charge on any atom is 0.254 e. The lowest BCUT2D eigenvalue weighted by atomic mass is 9.99. The Morgan fingerprint density at radius 2 is 1.77 bits per heavy atom. The summed E-state index contributed by atoms with van der Waals surface area (Å²) in [4.78, 5) is 14.4. The van der Waals surface area contributed by atoms with Crippen LogP contribution in [0.5, 0.6) is 5.75 Å². The van der Waals surface area contributed by atoms with Crippen molar-refractivity contribution < 1.29 is 27.1 Å². The lowest BCUT2D eigenvalue weighted by molar-refractivity contribution is 0.0731. The smallest absolute Gasteiger partial charge is 0.254 e. The molecule has 0 N–H and O–H groups in total. The molecule has 1 aliphatic heterocycles. The van der Waals surface area contributed by atoms with Crippen LogP contribution in [0.2, 0.25) is 0 Å².